The minimum atomic E-state index is -1.18. The molecule has 0 aliphatic heterocycles. The van der Waals surface area contributed by atoms with E-state index in [0.29, 0.717) is 26.8 Å². The summed E-state index contributed by atoms with van der Waals surface area (Å²) in [6, 6.07) is 17.5. The molecule has 0 spiro atoms. The lowest BCUT2D eigenvalue weighted by Crippen LogP contribution is -2.35. The number of ether oxygens (including phenoxy) is 1. The van der Waals surface area contributed by atoms with Gasteiger partial charge in [-0.1, -0.05) is 48.5 Å². The maximum Gasteiger partial charge on any atom is 0.333 e. The fraction of sp³-hybridized carbons (Fsp3) is 0.0833. The van der Waals surface area contributed by atoms with Crippen molar-refractivity contribution in [3.63, 3.8) is 0 Å². The summed E-state index contributed by atoms with van der Waals surface area (Å²) in [5, 5.41) is 25.5. The first-order chi connectivity index (χ1) is 15.5. The number of amides is 1. The molecule has 32 heavy (non-hydrogen) atoms. The topological polar surface area (TPSA) is 115 Å². The van der Waals surface area contributed by atoms with Gasteiger partial charge in [0.05, 0.1) is 18.2 Å². The van der Waals surface area contributed by atoms with Gasteiger partial charge in [-0.25, -0.2) is 9.78 Å². The number of fused-ring (bicyclic) bond motifs is 1. The number of esters is 1. The number of rotatable bonds is 5. The highest BCUT2D eigenvalue weighted by atomic mass is 16.5. The number of methoxy groups -OCH3 is 1. The highest BCUT2D eigenvalue weighted by Gasteiger charge is 2.28. The van der Waals surface area contributed by atoms with Gasteiger partial charge in [0, 0.05) is 23.1 Å². The second-order valence-electron chi connectivity index (χ2n) is 6.99. The van der Waals surface area contributed by atoms with Crippen molar-refractivity contribution in [3.8, 4) is 17.0 Å². The summed E-state index contributed by atoms with van der Waals surface area (Å²) in [5.74, 6) is -1.71. The van der Waals surface area contributed by atoms with Gasteiger partial charge in [-0.2, -0.15) is 4.73 Å². The molecule has 0 bridgehead atoms. The van der Waals surface area contributed by atoms with Crippen LogP contribution in [0, 0.1) is 5.21 Å². The maximum atomic E-state index is 13.4. The average molecular weight is 429 g/mol. The largest absolute Gasteiger partial charge is 0.619 e. The van der Waals surface area contributed by atoms with E-state index in [0.717, 1.165) is 0 Å². The number of carbonyl (C=O) groups excluding carboxylic acids is 2. The third kappa shape index (κ3) is 3.93. The molecule has 2 N–H and O–H groups in total. The number of aromatic nitrogens is 2. The normalized spacial score (nSPS) is 11.7. The molecule has 160 valence electrons. The van der Waals surface area contributed by atoms with E-state index in [4.69, 9.17) is 4.74 Å². The van der Waals surface area contributed by atoms with Crippen LogP contribution in [-0.4, -0.2) is 29.1 Å². The van der Waals surface area contributed by atoms with Gasteiger partial charge in [-0.05, 0) is 11.6 Å². The maximum absolute atomic E-state index is 13.4. The molecule has 1 atom stereocenters. The molecular weight excluding hydrogens is 410 g/mol. The van der Waals surface area contributed by atoms with E-state index < -0.39 is 17.9 Å². The summed E-state index contributed by atoms with van der Waals surface area (Å²) in [6.45, 7) is 0. The first-order valence-corrected chi connectivity index (χ1v) is 9.74. The van der Waals surface area contributed by atoms with E-state index in [2.05, 4.69) is 10.3 Å². The summed E-state index contributed by atoms with van der Waals surface area (Å²) in [6.07, 6.45) is 2.43. The minimum absolute atomic E-state index is 0.0156. The number of hydrogen-bond donors (Lipinski definition) is 2. The minimum Gasteiger partial charge on any atom is -0.619 e. The monoisotopic (exact) mass is 429 g/mol. The van der Waals surface area contributed by atoms with Crippen molar-refractivity contribution >= 4 is 22.8 Å². The van der Waals surface area contributed by atoms with E-state index in [1.807, 2.05) is 6.07 Å². The molecule has 0 aliphatic rings. The molecule has 1 unspecified atom stereocenters. The quantitative estimate of drug-likeness (QED) is 0.286. The second-order valence-corrected chi connectivity index (χ2v) is 6.99. The van der Waals surface area contributed by atoms with E-state index >= 15 is 0 Å². The summed E-state index contributed by atoms with van der Waals surface area (Å²) < 4.78 is 5.39. The van der Waals surface area contributed by atoms with Crippen molar-refractivity contribution in [2.24, 2.45) is 0 Å². The Morgan fingerprint density at radius 2 is 1.69 bits per heavy atom. The van der Waals surface area contributed by atoms with E-state index in [-0.39, 0.29) is 17.0 Å². The molecule has 0 radical (unpaired) electrons. The second kappa shape index (κ2) is 8.73. The van der Waals surface area contributed by atoms with Gasteiger partial charge < -0.3 is 20.4 Å². The molecule has 1 amide bonds. The fourth-order valence-corrected chi connectivity index (χ4v) is 3.45. The van der Waals surface area contributed by atoms with Gasteiger partial charge in [0.15, 0.2) is 24.2 Å². The molecule has 4 rings (SSSR count). The van der Waals surface area contributed by atoms with Crippen molar-refractivity contribution in [1.29, 1.82) is 0 Å². The van der Waals surface area contributed by atoms with Crippen LogP contribution in [0.1, 0.15) is 22.0 Å². The molecule has 0 aliphatic carbocycles. The number of para-hydroxylation sites is 1. The summed E-state index contributed by atoms with van der Waals surface area (Å²) in [4.78, 5) is 30.3. The zero-order chi connectivity index (χ0) is 22.7. The van der Waals surface area contributed by atoms with E-state index in [1.54, 1.807) is 48.5 Å². The fourth-order valence-electron chi connectivity index (χ4n) is 3.45. The Labute approximate surface area is 183 Å². The van der Waals surface area contributed by atoms with Crippen molar-refractivity contribution in [3.05, 3.63) is 95.5 Å². The number of pyridine rings is 2. The van der Waals surface area contributed by atoms with Crippen LogP contribution < -0.4 is 10.0 Å². The Bertz CT molecular complexity index is 1290. The average Bonchev–Trinajstić information content (AvgIpc) is 2.82. The predicted molar refractivity (Wildman–Crippen MR) is 116 cm³/mol. The Hall–Kier alpha value is -4.46. The lowest BCUT2D eigenvalue weighted by atomic mass is 10.0. The van der Waals surface area contributed by atoms with Crippen LogP contribution in [0.15, 0.2) is 79.1 Å². The number of nitrogens with zero attached hydrogens (tertiary/aromatic N) is 2. The van der Waals surface area contributed by atoms with Crippen LogP contribution in [0.2, 0.25) is 0 Å². The van der Waals surface area contributed by atoms with Crippen molar-refractivity contribution in [1.82, 2.24) is 10.3 Å². The van der Waals surface area contributed by atoms with Crippen LogP contribution in [0.4, 0.5) is 0 Å². The Balaban J connectivity index is 1.82. The molecule has 2 aromatic carbocycles. The Morgan fingerprint density at radius 1 is 1.03 bits per heavy atom. The van der Waals surface area contributed by atoms with Gasteiger partial charge in [0.25, 0.3) is 5.91 Å². The van der Waals surface area contributed by atoms with Gasteiger partial charge in [0.2, 0.25) is 0 Å². The number of aromatic hydroxyl groups is 1. The van der Waals surface area contributed by atoms with Crippen molar-refractivity contribution in [2.45, 2.75) is 6.04 Å². The molecule has 2 heterocycles. The van der Waals surface area contributed by atoms with Gasteiger partial charge in [-0.3, -0.25) is 4.79 Å². The molecule has 2 aromatic heterocycles. The zero-order valence-corrected chi connectivity index (χ0v) is 17.1. The summed E-state index contributed by atoms with van der Waals surface area (Å²) in [7, 11) is 1.20. The van der Waals surface area contributed by atoms with Crippen LogP contribution >= 0.6 is 0 Å². The van der Waals surface area contributed by atoms with Crippen LogP contribution in [-0.2, 0) is 9.53 Å². The summed E-state index contributed by atoms with van der Waals surface area (Å²) >= 11 is 0. The lowest BCUT2D eigenvalue weighted by molar-refractivity contribution is -0.605. The number of benzene rings is 2. The predicted octanol–water partition coefficient (Wildman–Crippen LogP) is 2.88. The molecular formula is C24H19N3O5. The SMILES string of the molecule is COC(=O)C(NC(=O)c1c(O)c(-c2ccccc2)nc2ccccc12)c1cc[n+]([O-])cc1. The first kappa shape index (κ1) is 20.8. The molecule has 0 saturated carbocycles. The molecule has 0 fully saturated rings. The standard InChI is InChI=1S/C24H19N3O5/c1-32-24(30)21(16-11-13-27(31)14-12-16)26-23(29)19-17-9-5-6-10-18(17)25-20(22(19)28)15-7-3-2-4-8-15/h2-14,21,28H,1H3,(H,26,29). The van der Waals surface area contributed by atoms with Gasteiger partial charge in [-0.15, -0.1) is 0 Å². The number of nitrogens with one attached hydrogen (secondary N) is 1. The number of hydrogen-bond acceptors (Lipinski definition) is 6. The summed E-state index contributed by atoms with van der Waals surface area (Å²) in [5.41, 5.74) is 1.74. The first-order valence-electron chi connectivity index (χ1n) is 9.74. The smallest absolute Gasteiger partial charge is 0.333 e. The number of carbonyl (C=O) groups is 2. The molecule has 8 nitrogen and oxygen atoms in total. The van der Waals surface area contributed by atoms with Crippen molar-refractivity contribution < 1.29 is 24.2 Å². The van der Waals surface area contributed by atoms with Crippen LogP contribution in [0.25, 0.3) is 22.2 Å². The Kier molecular flexibility index (Phi) is 5.67. The molecule has 8 heteroatoms. The third-order valence-electron chi connectivity index (χ3n) is 5.01. The lowest BCUT2D eigenvalue weighted by Gasteiger charge is -2.18. The third-order valence-corrected chi connectivity index (χ3v) is 5.01. The highest BCUT2D eigenvalue weighted by molar-refractivity contribution is 6.11. The molecule has 0 saturated heterocycles. The zero-order valence-electron chi connectivity index (χ0n) is 17.1. The van der Waals surface area contributed by atoms with Crippen LogP contribution in [0.5, 0.6) is 5.75 Å². The highest BCUT2D eigenvalue weighted by Crippen LogP contribution is 2.35. The van der Waals surface area contributed by atoms with Gasteiger partial charge >= 0.3 is 5.97 Å². The van der Waals surface area contributed by atoms with E-state index in [9.17, 15) is 19.9 Å². The van der Waals surface area contributed by atoms with Crippen molar-refractivity contribution in [2.75, 3.05) is 7.11 Å². The Morgan fingerprint density at radius 3 is 2.38 bits per heavy atom. The van der Waals surface area contributed by atoms with E-state index in [1.165, 1.54) is 31.6 Å². The van der Waals surface area contributed by atoms with Gasteiger partial charge in [0.1, 0.15) is 5.69 Å². The molecule has 4 aromatic rings. The van der Waals surface area contributed by atoms with Crippen LogP contribution in [0.3, 0.4) is 0 Å².